The molecule has 0 saturated heterocycles. The van der Waals surface area contributed by atoms with E-state index in [1.807, 2.05) is 0 Å². The van der Waals surface area contributed by atoms with Gasteiger partial charge in [0.2, 0.25) is 0 Å². The maximum atomic E-state index is 13.0. The number of nitrogens with one attached hydrogen (secondary N) is 2. The van der Waals surface area contributed by atoms with Crippen molar-refractivity contribution in [2.45, 2.75) is 16.0 Å². The first-order chi connectivity index (χ1) is 14.9. The first-order valence-electron chi connectivity index (χ1n) is 8.72. The lowest BCUT2D eigenvalue weighted by Crippen LogP contribution is -2.18. The van der Waals surface area contributed by atoms with Crippen LogP contribution in [0.4, 0.5) is 11.4 Å². The standard InChI is InChI=1S/C19H16Cl2N2O6S3/c1-11-5-6-12(8-13(11)19(24)29-2)31(25,26)22-16-9-14(20)15(21)10-17(16)23-32(27,28)18-4-3-7-30-18/h3-10,22-23H,1-2H3. The van der Waals surface area contributed by atoms with Crippen molar-refractivity contribution >= 4 is 71.9 Å². The van der Waals surface area contributed by atoms with E-state index >= 15 is 0 Å². The van der Waals surface area contributed by atoms with Crippen molar-refractivity contribution in [3.63, 3.8) is 0 Å². The second kappa shape index (κ2) is 9.28. The van der Waals surface area contributed by atoms with Crippen molar-refractivity contribution in [3.05, 3.63) is 69.0 Å². The summed E-state index contributed by atoms with van der Waals surface area (Å²) in [6.45, 7) is 1.63. The monoisotopic (exact) mass is 534 g/mol. The van der Waals surface area contributed by atoms with Crippen molar-refractivity contribution in [1.29, 1.82) is 0 Å². The lowest BCUT2D eigenvalue weighted by Gasteiger charge is -2.16. The van der Waals surface area contributed by atoms with Gasteiger partial charge in [0.15, 0.2) is 0 Å². The SMILES string of the molecule is COC(=O)c1cc(S(=O)(=O)Nc2cc(Cl)c(Cl)cc2NS(=O)(=O)c2cccs2)ccc1C. The molecule has 0 aliphatic carbocycles. The molecular formula is C19H16Cl2N2O6S3. The molecule has 3 aromatic rings. The van der Waals surface area contributed by atoms with E-state index in [1.165, 1.54) is 37.4 Å². The summed E-state index contributed by atoms with van der Waals surface area (Å²) in [6, 6.07) is 9.26. The van der Waals surface area contributed by atoms with E-state index in [2.05, 4.69) is 14.2 Å². The van der Waals surface area contributed by atoms with Gasteiger partial charge in [-0.3, -0.25) is 9.44 Å². The number of hydrogen-bond donors (Lipinski definition) is 2. The molecule has 0 aliphatic rings. The minimum atomic E-state index is -4.25. The molecule has 13 heteroatoms. The number of rotatable bonds is 7. The number of halogens is 2. The van der Waals surface area contributed by atoms with Crippen LogP contribution in [-0.4, -0.2) is 29.9 Å². The Balaban J connectivity index is 2.03. The van der Waals surface area contributed by atoms with Crippen LogP contribution in [0, 0.1) is 6.92 Å². The van der Waals surface area contributed by atoms with Gasteiger partial charge in [0.25, 0.3) is 20.0 Å². The molecular weight excluding hydrogens is 519 g/mol. The molecule has 1 heterocycles. The Hall–Kier alpha value is -2.31. The second-order valence-corrected chi connectivity index (χ2v) is 11.8. The van der Waals surface area contributed by atoms with Gasteiger partial charge in [-0.2, -0.15) is 0 Å². The van der Waals surface area contributed by atoms with Crippen LogP contribution in [0.1, 0.15) is 15.9 Å². The number of methoxy groups -OCH3 is 1. The van der Waals surface area contributed by atoms with Crippen LogP contribution in [0.5, 0.6) is 0 Å². The maximum absolute atomic E-state index is 13.0. The van der Waals surface area contributed by atoms with Crippen LogP contribution in [0.2, 0.25) is 10.0 Å². The van der Waals surface area contributed by atoms with Gasteiger partial charge in [-0.1, -0.05) is 35.3 Å². The molecule has 2 N–H and O–H groups in total. The van der Waals surface area contributed by atoms with Crippen LogP contribution >= 0.6 is 34.5 Å². The highest BCUT2D eigenvalue weighted by Crippen LogP contribution is 2.35. The Kier molecular flexibility index (Phi) is 7.06. The third-order valence-corrected chi connectivity index (χ3v) is 9.08. The van der Waals surface area contributed by atoms with Gasteiger partial charge in [-0.25, -0.2) is 21.6 Å². The van der Waals surface area contributed by atoms with Crippen LogP contribution in [0.25, 0.3) is 0 Å². The van der Waals surface area contributed by atoms with E-state index in [-0.39, 0.29) is 36.1 Å². The summed E-state index contributed by atoms with van der Waals surface area (Å²) in [6.07, 6.45) is 0. The number of carbonyl (C=O) groups is 1. The average Bonchev–Trinajstić information content (AvgIpc) is 3.27. The summed E-state index contributed by atoms with van der Waals surface area (Å²) in [5.41, 5.74) is 0.314. The highest BCUT2D eigenvalue weighted by molar-refractivity contribution is 7.94. The number of benzene rings is 2. The predicted octanol–water partition coefficient (Wildman–Crippen LogP) is 4.75. The number of thiophene rings is 1. The number of aryl methyl sites for hydroxylation is 1. The third kappa shape index (κ3) is 5.18. The van der Waals surface area contributed by atoms with Gasteiger partial charge in [0.1, 0.15) is 4.21 Å². The molecule has 0 unspecified atom stereocenters. The lowest BCUT2D eigenvalue weighted by molar-refractivity contribution is 0.0599. The molecule has 0 amide bonds. The number of hydrogen-bond acceptors (Lipinski definition) is 7. The Morgan fingerprint density at radius 3 is 2.06 bits per heavy atom. The van der Waals surface area contributed by atoms with Crippen molar-refractivity contribution in [2.75, 3.05) is 16.6 Å². The summed E-state index contributed by atoms with van der Waals surface area (Å²) >= 11 is 13.0. The van der Waals surface area contributed by atoms with E-state index < -0.39 is 26.0 Å². The summed E-state index contributed by atoms with van der Waals surface area (Å²) in [7, 11) is -7.06. The highest BCUT2D eigenvalue weighted by Gasteiger charge is 2.23. The lowest BCUT2D eigenvalue weighted by atomic mass is 10.1. The predicted molar refractivity (Wildman–Crippen MR) is 125 cm³/mol. The molecule has 0 fully saturated rings. The molecule has 2 aromatic carbocycles. The van der Waals surface area contributed by atoms with Gasteiger partial charge >= 0.3 is 5.97 Å². The molecule has 3 rings (SSSR count). The maximum Gasteiger partial charge on any atom is 0.338 e. The van der Waals surface area contributed by atoms with E-state index in [0.29, 0.717) is 5.56 Å². The zero-order valence-corrected chi connectivity index (χ0v) is 20.5. The Bertz CT molecular complexity index is 1390. The molecule has 0 saturated carbocycles. The molecule has 0 bridgehead atoms. The van der Waals surface area contributed by atoms with E-state index in [9.17, 15) is 21.6 Å². The molecule has 1 aromatic heterocycles. The first kappa shape index (κ1) is 24.3. The highest BCUT2D eigenvalue weighted by atomic mass is 35.5. The van der Waals surface area contributed by atoms with E-state index in [0.717, 1.165) is 17.4 Å². The number of ether oxygens (including phenoxy) is 1. The fourth-order valence-corrected chi connectivity index (χ4v) is 6.12. The summed E-state index contributed by atoms with van der Waals surface area (Å²) < 4.78 is 60.6. The Morgan fingerprint density at radius 2 is 1.53 bits per heavy atom. The van der Waals surface area contributed by atoms with Crippen molar-refractivity contribution in [2.24, 2.45) is 0 Å². The zero-order chi connectivity index (χ0) is 23.7. The Labute approximate surface area is 199 Å². The van der Waals surface area contributed by atoms with Crippen molar-refractivity contribution in [3.8, 4) is 0 Å². The molecule has 8 nitrogen and oxygen atoms in total. The summed E-state index contributed by atoms with van der Waals surface area (Å²) in [5.74, 6) is -0.696. The quantitative estimate of drug-likeness (QED) is 0.422. The topological polar surface area (TPSA) is 119 Å². The normalized spacial score (nSPS) is 11.8. The van der Waals surface area contributed by atoms with Crippen molar-refractivity contribution < 1.29 is 26.4 Å². The second-order valence-electron chi connectivity index (χ2n) is 6.42. The van der Waals surface area contributed by atoms with Gasteiger partial charge in [-0.05, 0) is 48.2 Å². The fourth-order valence-electron chi connectivity index (χ4n) is 2.63. The third-order valence-electron chi connectivity index (χ3n) is 4.23. The van der Waals surface area contributed by atoms with Crippen LogP contribution in [-0.2, 0) is 24.8 Å². The van der Waals surface area contributed by atoms with Gasteiger partial charge in [-0.15, -0.1) is 11.3 Å². The summed E-state index contributed by atoms with van der Waals surface area (Å²) in [4.78, 5) is 11.7. The van der Waals surface area contributed by atoms with Gasteiger partial charge < -0.3 is 4.74 Å². The zero-order valence-electron chi connectivity index (χ0n) is 16.5. The largest absolute Gasteiger partial charge is 0.465 e. The number of carbonyl (C=O) groups excluding carboxylic acids is 1. The van der Waals surface area contributed by atoms with E-state index in [1.54, 1.807) is 18.4 Å². The molecule has 0 aliphatic heterocycles. The van der Waals surface area contributed by atoms with Gasteiger partial charge in [0.05, 0.1) is 39.0 Å². The number of sulfonamides is 2. The molecule has 0 radical (unpaired) electrons. The van der Waals surface area contributed by atoms with Crippen LogP contribution < -0.4 is 9.44 Å². The molecule has 32 heavy (non-hydrogen) atoms. The molecule has 0 spiro atoms. The fraction of sp³-hybridized carbons (Fsp3) is 0.105. The number of anilines is 2. The Morgan fingerprint density at radius 1 is 0.938 bits per heavy atom. The van der Waals surface area contributed by atoms with Crippen molar-refractivity contribution in [1.82, 2.24) is 0 Å². The van der Waals surface area contributed by atoms with Crippen LogP contribution in [0.3, 0.4) is 0 Å². The van der Waals surface area contributed by atoms with E-state index in [4.69, 9.17) is 23.2 Å². The first-order valence-corrected chi connectivity index (χ1v) is 13.3. The smallest absolute Gasteiger partial charge is 0.338 e. The minimum Gasteiger partial charge on any atom is -0.465 e. The van der Waals surface area contributed by atoms with Gasteiger partial charge in [0, 0.05) is 0 Å². The summed E-state index contributed by atoms with van der Waals surface area (Å²) in [5, 5.41) is 1.60. The van der Waals surface area contributed by atoms with Crippen LogP contribution in [0.15, 0.2) is 56.9 Å². The number of esters is 1. The molecule has 170 valence electrons. The molecule has 0 atom stereocenters. The average molecular weight is 535 g/mol. The minimum absolute atomic E-state index is 0.00240.